The van der Waals surface area contributed by atoms with Crippen LogP contribution in [0.4, 0.5) is 0 Å². The van der Waals surface area contributed by atoms with E-state index in [0.29, 0.717) is 5.75 Å². The molecule has 0 saturated heterocycles. The summed E-state index contributed by atoms with van der Waals surface area (Å²) in [5.74, 6) is 0.368. The maximum atomic E-state index is 12.0. The standard InChI is InChI=1S/C18H22N2O3/c1-2-4-14-6-8-16(9-7-14)23-13-18(22)20-17(12-21)15-5-3-10-19-11-15/h3,5-11,17,21H,2,4,12-13H2,1H3,(H,20,22). The van der Waals surface area contributed by atoms with Gasteiger partial charge in [0.2, 0.25) is 0 Å². The lowest BCUT2D eigenvalue weighted by Gasteiger charge is -2.16. The molecule has 1 unspecified atom stereocenters. The smallest absolute Gasteiger partial charge is 0.258 e. The number of amides is 1. The zero-order chi connectivity index (χ0) is 16.5. The highest BCUT2D eigenvalue weighted by Gasteiger charge is 2.14. The molecule has 5 nitrogen and oxygen atoms in total. The summed E-state index contributed by atoms with van der Waals surface area (Å²) in [7, 11) is 0. The molecule has 2 rings (SSSR count). The number of hydrogen-bond donors (Lipinski definition) is 2. The van der Waals surface area contributed by atoms with Crippen molar-refractivity contribution in [3.8, 4) is 5.75 Å². The van der Waals surface area contributed by atoms with E-state index in [1.165, 1.54) is 5.56 Å². The van der Waals surface area contributed by atoms with Crippen molar-refractivity contribution in [1.82, 2.24) is 10.3 Å². The van der Waals surface area contributed by atoms with E-state index < -0.39 is 6.04 Å². The van der Waals surface area contributed by atoms with Crippen molar-refractivity contribution in [3.63, 3.8) is 0 Å². The van der Waals surface area contributed by atoms with E-state index in [-0.39, 0.29) is 19.1 Å². The van der Waals surface area contributed by atoms with Gasteiger partial charge in [0, 0.05) is 12.4 Å². The normalized spacial score (nSPS) is 11.7. The van der Waals surface area contributed by atoms with Crippen LogP contribution in [0.3, 0.4) is 0 Å². The molecule has 0 fully saturated rings. The molecular formula is C18H22N2O3. The minimum absolute atomic E-state index is 0.0934. The minimum Gasteiger partial charge on any atom is -0.484 e. The number of aliphatic hydroxyl groups excluding tert-OH is 1. The number of aromatic nitrogens is 1. The van der Waals surface area contributed by atoms with Crippen LogP contribution in [-0.4, -0.2) is 29.2 Å². The van der Waals surface area contributed by atoms with Gasteiger partial charge in [-0.25, -0.2) is 0 Å². The summed E-state index contributed by atoms with van der Waals surface area (Å²) in [4.78, 5) is 15.9. The predicted molar refractivity (Wildman–Crippen MR) is 88.1 cm³/mol. The molecule has 0 aliphatic carbocycles. The molecule has 1 atom stereocenters. The van der Waals surface area contributed by atoms with Crippen LogP contribution in [0.25, 0.3) is 0 Å². The number of aliphatic hydroxyl groups is 1. The van der Waals surface area contributed by atoms with Crippen molar-refractivity contribution >= 4 is 5.91 Å². The molecule has 0 aliphatic rings. The summed E-state index contributed by atoms with van der Waals surface area (Å²) < 4.78 is 5.47. The van der Waals surface area contributed by atoms with Gasteiger partial charge in [-0.3, -0.25) is 9.78 Å². The first-order chi connectivity index (χ1) is 11.2. The summed E-state index contributed by atoms with van der Waals surface area (Å²) in [6.07, 6.45) is 5.39. The summed E-state index contributed by atoms with van der Waals surface area (Å²) in [6.45, 7) is 1.85. The molecule has 0 bridgehead atoms. The predicted octanol–water partition coefficient (Wildman–Crippen LogP) is 2.26. The molecule has 0 spiro atoms. The van der Waals surface area contributed by atoms with Gasteiger partial charge >= 0.3 is 0 Å². The number of carbonyl (C=O) groups excluding carboxylic acids is 1. The average Bonchev–Trinajstić information content (AvgIpc) is 2.60. The van der Waals surface area contributed by atoms with E-state index in [9.17, 15) is 9.90 Å². The number of pyridine rings is 1. The van der Waals surface area contributed by atoms with Gasteiger partial charge in [0.15, 0.2) is 6.61 Å². The van der Waals surface area contributed by atoms with Crippen LogP contribution in [0, 0.1) is 0 Å². The van der Waals surface area contributed by atoms with Crippen molar-refractivity contribution in [2.24, 2.45) is 0 Å². The first-order valence-corrected chi connectivity index (χ1v) is 7.74. The van der Waals surface area contributed by atoms with Gasteiger partial charge in [-0.15, -0.1) is 0 Å². The monoisotopic (exact) mass is 314 g/mol. The SMILES string of the molecule is CCCc1ccc(OCC(=O)NC(CO)c2cccnc2)cc1. The number of nitrogens with one attached hydrogen (secondary N) is 1. The number of nitrogens with zero attached hydrogens (tertiary/aromatic N) is 1. The first-order valence-electron chi connectivity index (χ1n) is 7.74. The highest BCUT2D eigenvalue weighted by molar-refractivity contribution is 5.78. The third kappa shape index (κ3) is 5.38. The van der Waals surface area contributed by atoms with Gasteiger partial charge in [-0.1, -0.05) is 31.5 Å². The lowest BCUT2D eigenvalue weighted by atomic mass is 10.1. The number of rotatable bonds is 8. The Labute approximate surface area is 136 Å². The number of ether oxygens (including phenoxy) is 1. The zero-order valence-corrected chi connectivity index (χ0v) is 13.2. The molecule has 1 amide bonds. The molecule has 1 aromatic heterocycles. The summed E-state index contributed by atoms with van der Waals surface area (Å²) in [6, 6.07) is 10.8. The quantitative estimate of drug-likeness (QED) is 0.784. The van der Waals surface area contributed by atoms with Crippen molar-refractivity contribution < 1.29 is 14.6 Å². The largest absolute Gasteiger partial charge is 0.484 e. The number of carbonyl (C=O) groups is 1. The van der Waals surface area contributed by atoms with E-state index in [4.69, 9.17) is 4.74 Å². The van der Waals surface area contributed by atoms with Gasteiger partial charge in [0.1, 0.15) is 5.75 Å². The number of benzene rings is 1. The Morgan fingerprint density at radius 2 is 2.09 bits per heavy atom. The fraction of sp³-hybridized carbons (Fsp3) is 0.333. The molecule has 0 radical (unpaired) electrons. The van der Waals surface area contributed by atoms with Crippen molar-refractivity contribution in [3.05, 3.63) is 59.9 Å². The Morgan fingerprint density at radius 1 is 1.30 bits per heavy atom. The number of aryl methyl sites for hydroxylation is 1. The third-order valence-corrected chi connectivity index (χ3v) is 3.44. The topological polar surface area (TPSA) is 71.5 Å². The highest BCUT2D eigenvalue weighted by Crippen LogP contribution is 2.14. The molecule has 1 aromatic carbocycles. The van der Waals surface area contributed by atoms with Gasteiger partial charge in [-0.05, 0) is 35.7 Å². The van der Waals surface area contributed by atoms with Crippen LogP contribution in [0.5, 0.6) is 5.75 Å². The Balaban J connectivity index is 1.84. The van der Waals surface area contributed by atoms with Gasteiger partial charge in [-0.2, -0.15) is 0 Å². The Morgan fingerprint density at radius 3 is 2.70 bits per heavy atom. The van der Waals surface area contributed by atoms with Crippen molar-refractivity contribution in [2.75, 3.05) is 13.2 Å². The molecule has 2 aromatic rings. The summed E-state index contributed by atoms with van der Waals surface area (Å²) in [5.41, 5.74) is 2.01. The summed E-state index contributed by atoms with van der Waals surface area (Å²) >= 11 is 0. The second-order valence-electron chi connectivity index (χ2n) is 5.27. The Hall–Kier alpha value is -2.40. The molecule has 23 heavy (non-hydrogen) atoms. The molecule has 1 heterocycles. The molecule has 0 saturated carbocycles. The van der Waals surface area contributed by atoms with E-state index in [0.717, 1.165) is 18.4 Å². The van der Waals surface area contributed by atoms with Crippen molar-refractivity contribution in [1.29, 1.82) is 0 Å². The maximum absolute atomic E-state index is 12.0. The second kappa shape index (κ2) is 8.90. The van der Waals surface area contributed by atoms with Crippen LogP contribution >= 0.6 is 0 Å². The Bertz CT molecular complexity index is 599. The van der Waals surface area contributed by atoms with Crippen LogP contribution in [0.2, 0.25) is 0 Å². The van der Waals surface area contributed by atoms with Crippen molar-refractivity contribution in [2.45, 2.75) is 25.8 Å². The summed E-state index contributed by atoms with van der Waals surface area (Å²) in [5, 5.41) is 12.1. The van der Waals surface area contributed by atoms with E-state index in [1.807, 2.05) is 30.3 Å². The fourth-order valence-corrected chi connectivity index (χ4v) is 2.24. The lowest BCUT2D eigenvalue weighted by Crippen LogP contribution is -2.34. The van der Waals surface area contributed by atoms with Crippen LogP contribution in [0.1, 0.15) is 30.5 Å². The van der Waals surface area contributed by atoms with Gasteiger partial charge in [0.05, 0.1) is 12.6 Å². The zero-order valence-electron chi connectivity index (χ0n) is 13.2. The van der Waals surface area contributed by atoms with Crippen LogP contribution in [0.15, 0.2) is 48.8 Å². The molecule has 122 valence electrons. The minimum atomic E-state index is -0.480. The first kappa shape index (κ1) is 17.0. The second-order valence-corrected chi connectivity index (χ2v) is 5.27. The van der Waals surface area contributed by atoms with Crippen LogP contribution < -0.4 is 10.1 Å². The fourth-order valence-electron chi connectivity index (χ4n) is 2.24. The Kier molecular flexibility index (Phi) is 6.56. The maximum Gasteiger partial charge on any atom is 0.258 e. The van der Waals surface area contributed by atoms with Gasteiger partial charge < -0.3 is 15.2 Å². The number of hydrogen-bond acceptors (Lipinski definition) is 4. The van der Waals surface area contributed by atoms with Crippen LogP contribution in [-0.2, 0) is 11.2 Å². The average molecular weight is 314 g/mol. The van der Waals surface area contributed by atoms with E-state index in [1.54, 1.807) is 18.5 Å². The van der Waals surface area contributed by atoms with E-state index in [2.05, 4.69) is 17.2 Å². The molecule has 2 N–H and O–H groups in total. The van der Waals surface area contributed by atoms with Gasteiger partial charge in [0.25, 0.3) is 5.91 Å². The highest BCUT2D eigenvalue weighted by atomic mass is 16.5. The lowest BCUT2D eigenvalue weighted by molar-refractivity contribution is -0.124. The third-order valence-electron chi connectivity index (χ3n) is 3.44. The molecule has 0 aliphatic heterocycles. The van der Waals surface area contributed by atoms with E-state index >= 15 is 0 Å². The molecule has 5 heteroatoms. The molecular weight excluding hydrogens is 292 g/mol.